The molecular formula is C44H49FN8O6. The number of halogens is 1. The number of carbonyl (C=O) groups excluding carboxylic acids is 4. The summed E-state index contributed by atoms with van der Waals surface area (Å²) in [6.07, 6.45) is 3.73. The summed E-state index contributed by atoms with van der Waals surface area (Å²) in [5.74, 6) is 1.09. The fourth-order valence-corrected chi connectivity index (χ4v) is 9.47. The number of ether oxygens (including phenoxy) is 2. The molecule has 9 rings (SSSR count). The molecule has 0 radical (unpaired) electrons. The molecular weight excluding hydrogens is 756 g/mol. The highest BCUT2D eigenvalue weighted by atomic mass is 19.1. The molecule has 4 N–H and O–H groups in total. The van der Waals surface area contributed by atoms with Crippen molar-refractivity contribution in [3.8, 4) is 22.4 Å². The standard InChI is InChI=1S/C44H49FN8O6/c1-20(2)36(50-43(56)58-5)41(54)52-32-15-25(32)17-34(52)39-46-19-31(48-39)28-11-8-23(14-29(28)45)22-7-10-27-24(13-22)9-12-30-38(27)49-40(47-30)35-18-26-16-33(26)53(35)42(55)37(21(3)4)51-44(57)59-6/h7-14,19-21,25-26,32-37H,15-18H2,1-6H3,(H,46,48)(H,47,49)(H,50,56)(H,51,57)/t25-,26-,32-,33-,34?,35+,36+,37+/m1/s1. The second-order valence-electron chi connectivity index (χ2n) is 17.2. The molecule has 2 saturated carbocycles. The number of benzene rings is 3. The van der Waals surface area contributed by atoms with Crippen LogP contribution in [0, 0.1) is 29.5 Å². The van der Waals surface area contributed by atoms with Crippen LogP contribution in [0.25, 0.3) is 44.2 Å². The van der Waals surface area contributed by atoms with Gasteiger partial charge in [0.25, 0.3) is 0 Å². The smallest absolute Gasteiger partial charge is 0.407 e. The van der Waals surface area contributed by atoms with E-state index in [1.807, 2.05) is 73.9 Å². The summed E-state index contributed by atoms with van der Waals surface area (Å²) in [6.45, 7) is 7.58. The first-order chi connectivity index (χ1) is 28.3. The number of alkyl carbamates (subject to hydrolysis) is 2. The fraction of sp³-hybridized carbons (Fsp3) is 0.455. The predicted octanol–water partition coefficient (Wildman–Crippen LogP) is 7.00. The van der Waals surface area contributed by atoms with Gasteiger partial charge in [-0.15, -0.1) is 0 Å². The van der Waals surface area contributed by atoms with Crippen LogP contribution in [0.4, 0.5) is 14.0 Å². The molecule has 3 aromatic carbocycles. The number of fused-ring (bicyclic) bond motifs is 5. The van der Waals surface area contributed by atoms with Crippen LogP contribution >= 0.6 is 0 Å². The van der Waals surface area contributed by atoms with Crippen LogP contribution in [-0.4, -0.2) is 92.1 Å². The van der Waals surface area contributed by atoms with E-state index >= 15 is 4.39 Å². The van der Waals surface area contributed by atoms with E-state index in [2.05, 4.69) is 25.6 Å². The molecule has 2 aromatic heterocycles. The Kier molecular flexibility index (Phi) is 9.59. The Labute approximate surface area is 340 Å². The van der Waals surface area contributed by atoms with Crippen LogP contribution in [0.3, 0.4) is 0 Å². The van der Waals surface area contributed by atoms with Crippen LogP contribution in [-0.2, 0) is 19.1 Å². The molecule has 5 aromatic rings. The van der Waals surface area contributed by atoms with Gasteiger partial charge in [-0.3, -0.25) is 9.59 Å². The Bertz CT molecular complexity index is 2500. The van der Waals surface area contributed by atoms with E-state index in [0.717, 1.165) is 58.9 Å². The summed E-state index contributed by atoms with van der Waals surface area (Å²) < 4.78 is 25.5. The molecule has 1 unspecified atom stereocenters. The third-order valence-corrected chi connectivity index (χ3v) is 12.8. The molecule has 2 aliphatic carbocycles. The SMILES string of the molecule is COC(=O)N[C@H](C(=O)N1C(c2ncc(-c3ccc(-c4ccc5c(ccc6[nH]c([C@@H]7C[C@H]8C[C@H]8N7C(=O)[C@@H](NC(=O)OC)C(C)C)nc65)c4)cc3F)[nH]2)C[C@H]2C[C@H]21)C(C)C. The average Bonchev–Trinajstić information content (AvgIpc) is 3.84. The normalized spacial score (nSPS) is 23.9. The van der Waals surface area contributed by atoms with Gasteiger partial charge in [-0.2, -0.15) is 0 Å². The Morgan fingerprint density at radius 3 is 1.90 bits per heavy atom. The van der Waals surface area contributed by atoms with Crippen molar-refractivity contribution in [2.75, 3.05) is 14.2 Å². The minimum atomic E-state index is -0.742. The van der Waals surface area contributed by atoms with E-state index in [4.69, 9.17) is 14.5 Å². The van der Waals surface area contributed by atoms with Crippen LogP contribution in [0.2, 0.25) is 0 Å². The van der Waals surface area contributed by atoms with Gasteiger partial charge in [0.1, 0.15) is 29.5 Å². The summed E-state index contributed by atoms with van der Waals surface area (Å²) in [7, 11) is 2.56. The lowest BCUT2D eigenvalue weighted by Crippen LogP contribution is -2.52. The summed E-state index contributed by atoms with van der Waals surface area (Å²) >= 11 is 0. The topological polar surface area (TPSA) is 175 Å². The highest BCUT2D eigenvalue weighted by molar-refractivity contribution is 6.05. The Balaban J connectivity index is 0.939. The number of piperidine rings is 2. The molecule has 0 bridgehead atoms. The zero-order chi connectivity index (χ0) is 41.4. The van der Waals surface area contributed by atoms with E-state index in [-0.39, 0.29) is 47.8 Å². The summed E-state index contributed by atoms with van der Waals surface area (Å²) in [4.78, 5) is 72.1. The minimum absolute atomic E-state index is 0.0885. The number of aromatic amines is 2. The van der Waals surface area contributed by atoms with Gasteiger partial charge >= 0.3 is 12.2 Å². The molecule has 14 nitrogen and oxygen atoms in total. The fourth-order valence-electron chi connectivity index (χ4n) is 9.47. The Morgan fingerprint density at radius 2 is 1.32 bits per heavy atom. The third-order valence-electron chi connectivity index (χ3n) is 12.8. The van der Waals surface area contributed by atoms with E-state index in [1.165, 1.54) is 20.3 Å². The summed E-state index contributed by atoms with van der Waals surface area (Å²) in [6, 6.07) is 13.3. The van der Waals surface area contributed by atoms with Crippen molar-refractivity contribution in [1.29, 1.82) is 0 Å². The van der Waals surface area contributed by atoms with Crippen LogP contribution in [0.1, 0.15) is 77.1 Å². The maximum Gasteiger partial charge on any atom is 0.407 e. The lowest BCUT2D eigenvalue weighted by molar-refractivity contribution is -0.137. The molecule has 4 heterocycles. The number of aromatic nitrogens is 4. The number of methoxy groups -OCH3 is 2. The number of imidazole rings is 2. The van der Waals surface area contributed by atoms with Crippen molar-refractivity contribution in [3.05, 3.63) is 72.2 Å². The zero-order valence-corrected chi connectivity index (χ0v) is 33.9. The third kappa shape index (κ3) is 6.83. The number of hydrogen-bond donors (Lipinski definition) is 4. The van der Waals surface area contributed by atoms with Crippen molar-refractivity contribution in [1.82, 2.24) is 40.4 Å². The Hall–Kier alpha value is -5.99. The van der Waals surface area contributed by atoms with Gasteiger partial charge < -0.3 is 39.9 Å². The van der Waals surface area contributed by atoms with Gasteiger partial charge in [0.2, 0.25) is 11.8 Å². The van der Waals surface area contributed by atoms with E-state index in [0.29, 0.717) is 34.5 Å². The summed E-state index contributed by atoms with van der Waals surface area (Å²) in [5, 5.41) is 7.30. The van der Waals surface area contributed by atoms with Crippen molar-refractivity contribution in [2.24, 2.45) is 23.7 Å². The van der Waals surface area contributed by atoms with Gasteiger partial charge in [0.15, 0.2) is 0 Å². The van der Waals surface area contributed by atoms with Crippen LogP contribution < -0.4 is 10.6 Å². The monoisotopic (exact) mass is 804 g/mol. The van der Waals surface area contributed by atoms with E-state index in [9.17, 15) is 19.2 Å². The van der Waals surface area contributed by atoms with Crippen molar-refractivity contribution >= 4 is 45.8 Å². The van der Waals surface area contributed by atoms with Gasteiger partial charge in [-0.25, -0.2) is 23.9 Å². The molecule has 2 aliphatic heterocycles. The van der Waals surface area contributed by atoms with Gasteiger partial charge in [-0.1, -0.05) is 52.0 Å². The number of nitrogens with one attached hydrogen (secondary N) is 4. The Morgan fingerprint density at radius 1 is 0.746 bits per heavy atom. The van der Waals surface area contributed by atoms with Crippen molar-refractivity contribution in [3.63, 3.8) is 0 Å². The largest absolute Gasteiger partial charge is 0.453 e. The number of rotatable bonds is 10. The van der Waals surface area contributed by atoms with Gasteiger partial charge in [-0.05, 0) is 90.1 Å². The van der Waals surface area contributed by atoms with Crippen molar-refractivity contribution in [2.45, 2.75) is 89.6 Å². The molecule has 2 saturated heterocycles. The first kappa shape index (κ1) is 38.5. The maximum absolute atomic E-state index is 16.0. The second-order valence-corrected chi connectivity index (χ2v) is 17.2. The van der Waals surface area contributed by atoms with Crippen LogP contribution in [0.5, 0.6) is 0 Å². The van der Waals surface area contributed by atoms with E-state index in [1.54, 1.807) is 12.3 Å². The first-order valence-electron chi connectivity index (χ1n) is 20.5. The average molecular weight is 805 g/mol. The molecule has 0 spiro atoms. The maximum atomic E-state index is 16.0. The number of H-pyrrole nitrogens is 2. The number of hydrogen-bond acceptors (Lipinski definition) is 8. The molecule has 4 amide bonds. The van der Waals surface area contributed by atoms with E-state index < -0.39 is 30.1 Å². The van der Waals surface area contributed by atoms with Crippen molar-refractivity contribution < 1.29 is 33.0 Å². The zero-order valence-electron chi connectivity index (χ0n) is 33.9. The molecule has 59 heavy (non-hydrogen) atoms. The van der Waals surface area contributed by atoms with Gasteiger partial charge in [0.05, 0.1) is 49.2 Å². The lowest BCUT2D eigenvalue weighted by Gasteiger charge is -2.31. The minimum Gasteiger partial charge on any atom is -0.453 e. The van der Waals surface area contributed by atoms with Gasteiger partial charge in [0, 0.05) is 23.0 Å². The highest BCUT2D eigenvalue weighted by Crippen LogP contribution is 2.54. The molecule has 15 heteroatoms. The molecule has 4 fully saturated rings. The quantitative estimate of drug-likeness (QED) is 0.117. The number of carbonyl (C=O) groups is 4. The van der Waals surface area contributed by atoms with Crippen LogP contribution in [0.15, 0.2) is 54.7 Å². The number of nitrogens with zero attached hydrogens (tertiary/aromatic N) is 4. The molecule has 4 aliphatic rings. The molecule has 8 atom stereocenters. The number of amides is 4. The first-order valence-corrected chi connectivity index (χ1v) is 20.5. The predicted molar refractivity (Wildman–Crippen MR) is 217 cm³/mol. The highest BCUT2D eigenvalue weighted by Gasteiger charge is 2.57. The summed E-state index contributed by atoms with van der Waals surface area (Å²) in [5.41, 5.74) is 4.08. The lowest BCUT2D eigenvalue weighted by atomic mass is 9.99. The molecule has 308 valence electrons. The second kappa shape index (κ2) is 14.7. The number of likely N-dealkylation sites (tertiary alicyclic amines) is 2.